The number of carboxylic acid groups (broad SMARTS) is 2. The predicted molar refractivity (Wildman–Crippen MR) is 54.4 cm³/mol. The zero-order valence-corrected chi connectivity index (χ0v) is 8.99. The molecule has 0 aromatic heterocycles. The van der Waals surface area contributed by atoms with Crippen LogP contribution in [0.3, 0.4) is 0 Å². The fourth-order valence-corrected chi connectivity index (χ4v) is 3.12. The van der Waals surface area contributed by atoms with Crippen molar-refractivity contribution in [1.29, 1.82) is 0 Å². The molecule has 0 bridgehead atoms. The van der Waals surface area contributed by atoms with Gasteiger partial charge in [0.05, 0.1) is 11.8 Å². The lowest BCUT2D eigenvalue weighted by atomic mass is 10.1. The molecule has 1 saturated heterocycles. The first kappa shape index (κ1) is 11.0. The maximum atomic E-state index is 11.2. The van der Waals surface area contributed by atoms with Gasteiger partial charge in [-0.05, 0) is 6.42 Å². The van der Waals surface area contributed by atoms with Crippen molar-refractivity contribution in [2.24, 2.45) is 0 Å². The summed E-state index contributed by atoms with van der Waals surface area (Å²) < 4.78 is 0. The van der Waals surface area contributed by atoms with Gasteiger partial charge < -0.3 is 10.2 Å². The topological polar surface area (TPSA) is 94.9 Å². The van der Waals surface area contributed by atoms with Crippen molar-refractivity contribution in [3.05, 3.63) is 10.6 Å². The summed E-state index contributed by atoms with van der Waals surface area (Å²) in [6.07, 6.45) is 0.383. The van der Waals surface area contributed by atoms with Gasteiger partial charge in [0.2, 0.25) is 5.91 Å². The van der Waals surface area contributed by atoms with Crippen LogP contribution in [0.5, 0.6) is 0 Å². The SMILES string of the molecule is O=C(O)CCC1=C(C(=O)O)N2C(=O)C[C@H]2S1. The Balaban J connectivity index is 2.18. The Bertz CT molecular complexity index is 416. The molecule has 0 radical (unpaired) electrons. The highest BCUT2D eigenvalue weighted by Gasteiger charge is 2.48. The van der Waals surface area contributed by atoms with Crippen LogP contribution in [0, 0.1) is 0 Å². The molecule has 2 N–H and O–H groups in total. The molecule has 2 aliphatic heterocycles. The standard InChI is InChI=1S/C9H9NO5S/c11-5-3-6-10(5)8(9(14)15)4(16-6)1-2-7(12)13/h6H,1-3H2,(H,12,13)(H,14,15)/t6-/m1/s1. The summed E-state index contributed by atoms with van der Waals surface area (Å²) in [4.78, 5) is 34.3. The van der Waals surface area contributed by atoms with E-state index in [0.717, 1.165) is 0 Å². The summed E-state index contributed by atoms with van der Waals surface area (Å²) in [6, 6.07) is 0. The monoisotopic (exact) mass is 243 g/mol. The van der Waals surface area contributed by atoms with E-state index in [1.54, 1.807) is 0 Å². The lowest BCUT2D eigenvalue weighted by Gasteiger charge is -2.33. The van der Waals surface area contributed by atoms with Crippen LogP contribution in [-0.4, -0.2) is 38.3 Å². The van der Waals surface area contributed by atoms with E-state index in [1.807, 2.05) is 0 Å². The third kappa shape index (κ3) is 1.67. The predicted octanol–water partition coefficient (Wildman–Crippen LogP) is 0.453. The fraction of sp³-hybridized carbons (Fsp3) is 0.444. The molecular weight excluding hydrogens is 234 g/mol. The Morgan fingerprint density at radius 1 is 1.44 bits per heavy atom. The molecular formula is C9H9NO5S. The van der Waals surface area contributed by atoms with Crippen LogP contribution >= 0.6 is 11.8 Å². The summed E-state index contributed by atoms with van der Waals surface area (Å²) >= 11 is 1.28. The maximum Gasteiger partial charge on any atom is 0.353 e. The number of β-lactam (4-membered cyclic amide) rings is 1. The van der Waals surface area contributed by atoms with Gasteiger partial charge in [0.15, 0.2) is 0 Å². The molecule has 2 heterocycles. The molecule has 0 aliphatic carbocycles. The molecule has 7 heteroatoms. The van der Waals surface area contributed by atoms with Crippen LogP contribution in [0.2, 0.25) is 0 Å². The molecule has 0 saturated carbocycles. The van der Waals surface area contributed by atoms with Crippen LogP contribution in [0.15, 0.2) is 10.6 Å². The second kappa shape index (κ2) is 3.82. The number of fused-ring (bicyclic) bond motifs is 1. The molecule has 1 fully saturated rings. The number of carbonyl (C=O) groups is 3. The first-order valence-corrected chi connectivity index (χ1v) is 5.55. The number of hydrogen-bond acceptors (Lipinski definition) is 4. The van der Waals surface area contributed by atoms with E-state index >= 15 is 0 Å². The highest BCUT2D eigenvalue weighted by atomic mass is 32.2. The molecule has 6 nitrogen and oxygen atoms in total. The Labute approximate surface area is 94.9 Å². The lowest BCUT2D eigenvalue weighted by molar-refractivity contribution is -0.145. The van der Waals surface area contributed by atoms with E-state index in [2.05, 4.69) is 0 Å². The Morgan fingerprint density at radius 2 is 2.12 bits per heavy atom. The maximum absolute atomic E-state index is 11.2. The van der Waals surface area contributed by atoms with Gasteiger partial charge in [-0.1, -0.05) is 0 Å². The van der Waals surface area contributed by atoms with Crippen molar-refractivity contribution in [2.45, 2.75) is 24.6 Å². The van der Waals surface area contributed by atoms with Gasteiger partial charge in [-0.15, -0.1) is 11.8 Å². The van der Waals surface area contributed by atoms with Gasteiger partial charge in [-0.3, -0.25) is 14.5 Å². The Hall–Kier alpha value is -1.50. The number of thioether (sulfide) groups is 1. The second-order valence-electron chi connectivity index (χ2n) is 3.51. The van der Waals surface area contributed by atoms with Crippen molar-refractivity contribution < 1.29 is 24.6 Å². The van der Waals surface area contributed by atoms with Crippen molar-refractivity contribution in [3.63, 3.8) is 0 Å². The molecule has 2 aliphatic rings. The third-order valence-corrected chi connectivity index (χ3v) is 3.79. The van der Waals surface area contributed by atoms with Gasteiger partial charge >= 0.3 is 11.9 Å². The number of hydrogen-bond donors (Lipinski definition) is 2. The number of nitrogens with zero attached hydrogens (tertiary/aromatic N) is 1. The van der Waals surface area contributed by atoms with Crippen LogP contribution in [0.25, 0.3) is 0 Å². The number of aliphatic carboxylic acids is 2. The number of carbonyl (C=O) groups excluding carboxylic acids is 1. The van der Waals surface area contributed by atoms with Crippen molar-refractivity contribution in [1.82, 2.24) is 4.90 Å². The van der Waals surface area contributed by atoms with E-state index in [4.69, 9.17) is 10.2 Å². The van der Waals surface area contributed by atoms with E-state index in [9.17, 15) is 14.4 Å². The summed E-state index contributed by atoms with van der Waals surface area (Å²) in [6.45, 7) is 0. The van der Waals surface area contributed by atoms with Crippen molar-refractivity contribution in [3.8, 4) is 0 Å². The van der Waals surface area contributed by atoms with Gasteiger partial charge in [-0.2, -0.15) is 0 Å². The van der Waals surface area contributed by atoms with Gasteiger partial charge in [0.1, 0.15) is 5.70 Å². The number of carboxylic acids is 2. The second-order valence-corrected chi connectivity index (χ2v) is 4.78. The zero-order chi connectivity index (χ0) is 11.9. The minimum Gasteiger partial charge on any atom is -0.481 e. The van der Waals surface area contributed by atoms with Crippen molar-refractivity contribution in [2.75, 3.05) is 0 Å². The van der Waals surface area contributed by atoms with E-state index in [0.29, 0.717) is 11.3 Å². The molecule has 0 unspecified atom stereocenters. The Kier molecular flexibility index (Phi) is 2.63. The smallest absolute Gasteiger partial charge is 0.353 e. The summed E-state index contributed by atoms with van der Waals surface area (Å²) in [5.74, 6) is -2.35. The highest BCUT2D eigenvalue weighted by Crippen LogP contribution is 2.47. The quantitative estimate of drug-likeness (QED) is 0.696. The van der Waals surface area contributed by atoms with Crippen LogP contribution in [0.1, 0.15) is 19.3 Å². The number of amides is 1. The van der Waals surface area contributed by atoms with E-state index in [1.165, 1.54) is 16.7 Å². The zero-order valence-electron chi connectivity index (χ0n) is 8.17. The van der Waals surface area contributed by atoms with E-state index in [-0.39, 0.29) is 29.8 Å². The molecule has 16 heavy (non-hydrogen) atoms. The third-order valence-electron chi connectivity index (χ3n) is 2.46. The first-order valence-electron chi connectivity index (χ1n) is 4.67. The van der Waals surface area contributed by atoms with Crippen LogP contribution in [-0.2, 0) is 14.4 Å². The number of allylic oxidation sites excluding steroid dienone is 1. The van der Waals surface area contributed by atoms with E-state index < -0.39 is 11.9 Å². The summed E-state index contributed by atoms with van der Waals surface area (Å²) in [7, 11) is 0. The summed E-state index contributed by atoms with van der Waals surface area (Å²) in [5.41, 5.74) is -0.0347. The molecule has 86 valence electrons. The molecule has 0 spiro atoms. The minimum atomic E-state index is -1.16. The Morgan fingerprint density at radius 3 is 2.62 bits per heavy atom. The fourth-order valence-electron chi connectivity index (χ4n) is 1.72. The van der Waals surface area contributed by atoms with Crippen LogP contribution < -0.4 is 0 Å². The first-order chi connectivity index (χ1) is 7.50. The minimum absolute atomic E-state index is 0.0347. The molecule has 0 aromatic carbocycles. The van der Waals surface area contributed by atoms with Gasteiger partial charge in [0, 0.05) is 11.3 Å². The normalized spacial score (nSPS) is 23.1. The number of rotatable bonds is 4. The largest absolute Gasteiger partial charge is 0.481 e. The lowest BCUT2D eigenvalue weighted by Crippen LogP contribution is -2.48. The molecule has 0 aromatic rings. The average molecular weight is 243 g/mol. The molecule has 1 atom stereocenters. The van der Waals surface area contributed by atoms with Crippen LogP contribution in [0.4, 0.5) is 0 Å². The molecule has 2 rings (SSSR count). The summed E-state index contributed by atoms with van der Waals surface area (Å²) in [5, 5.41) is 17.4. The highest BCUT2D eigenvalue weighted by molar-refractivity contribution is 8.04. The van der Waals surface area contributed by atoms with Gasteiger partial charge in [0.25, 0.3) is 0 Å². The average Bonchev–Trinajstić information content (AvgIpc) is 2.47. The van der Waals surface area contributed by atoms with Gasteiger partial charge in [-0.25, -0.2) is 4.79 Å². The molecule has 1 amide bonds. The van der Waals surface area contributed by atoms with Crippen molar-refractivity contribution >= 4 is 29.6 Å².